The van der Waals surface area contributed by atoms with Gasteiger partial charge in [0, 0.05) is 12.8 Å². The van der Waals surface area contributed by atoms with Crippen molar-refractivity contribution in [3.8, 4) is 18.1 Å². The zero-order valence-corrected chi connectivity index (χ0v) is 13.4. The number of nitrogens with one attached hydrogen (secondary N) is 1. The molecular weight excluding hydrogens is 324 g/mol. The maximum Gasteiger partial charge on any atom is 0.266 e. The van der Waals surface area contributed by atoms with Gasteiger partial charge in [-0.1, -0.05) is 6.07 Å². The van der Waals surface area contributed by atoms with Crippen LogP contribution in [0.5, 0.6) is 5.75 Å². The summed E-state index contributed by atoms with van der Waals surface area (Å²) in [5.41, 5.74) is 0.349. The summed E-state index contributed by atoms with van der Waals surface area (Å²) in [5.74, 6) is 0.616. The SMILES string of the molecule is C#CCCCOc1cccc2c1C(=O)N(C1CCC(=O)NC1=O)C2=O. The first-order valence-electron chi connectivity index (χ1n) is 7.95. The molecule has 3 rings (SSSR count). The van der Waals surface area contributed by atoms with Crippen LogP contribution in [0.2, 0.25) is 0 Å². The third kappa shape index (κ3) is 2.98. The highest BCUT2D eigenvalue weighted by Crippen LogP contribution is 2.33. The highest BCUT2D eigenvalue weighted by atomic mass is 16.5. The van der Waals surface area contributed by atoms with Crippen molar-refractivity contribution in [2.75, 3.05) is 6.61 Å². The molecule has 0 saturated carbocycles. The number of rotatable bonds is 5. The van der Waals surface area contributed by atoms with Gasteiger partial charge in [0.05, 0.1) is 17.7 Å². The smallest absolute Gasteiger partial charge is 0.266 e. The molecule has 25 heavy (non-hydrogen) atoms. The van der Waals surface area contributed by atoms with Gasteiger partial charge in [0.25, 0.3) is 11.8 Å². The molecule has 128 valence electrons. The first-order chi connectivity index (χ1) is 12.0. The number of terminal acetylenes is 1. The largest absolute Gasteiger partial charge is 0.493 e. The summed E-state index contributed by atoms with van der Waals surface area (Å²) in [6.07, 6.45) is 6.56. The lowest BCUT2D eigenvalue weighted by Gasteiger charge is -2.27. The normalized spacial score (nSPS) is 19.5. The Kier molecular flexibility index (Phi) is 4.52. The Morgan fingerprint density at radius 1 is 1.24 bits per heavy atom. The van der Waals surface area contributed by atoms with Gasteiger partial charge in [-0.2, -0.15) is 0 Å². The fraction of sp³-hybridized carbons (Fsp3) is 0.333. The summed E-state index contributed by atoms with van der Waals surface area (Å²) < 4.78 is 5.60. The Labute approximate surface area is 144 Å². The maximum atomic E-state index is 12.8. The molecule has 2 aliphatic heterocycles. The van der Waals surface area contributed by atoms with Crippen LogP contribution < -0.4 is 10.1 Å². The lowest BCUT2D eigenvalue weighted by molar-refractivity contribution is -0.136. The van der Waals surface area contributed by atoms with Gasteiger partial charge in [-0.25, -0.2) is 0 Å². The second kappa shape index (κ2) is 6.77. The number of unbranched alkanes of at least 4 members (excludes halogenated alkanes) is 1. The number of piperidine rings is 1. The second-order valence-corrected chi connectivity index (χ2v) is 5.78. The Balaban J connectivity index is 1.85. The van der Waals surface area contributed by atoms with Crippen LogP contribution in [0.1, 0.15) is 46.4 Å². The molecule has 0 bridgehead atoms. The van der Waals surface area contributed by atoms with Crippen molar-refractivity contribution in [1.29, 1.82) is 0 Å². The molecule has 0 radical (unpaired) electrons. The zero-order chi connectivity index (χ0) is 18.0. The van der Waals surface area contributed by atoms with Crippen molar-refractivity contribution in [2.45, 2.75) is 31.7 Å². The van der Waals surface area contributed by atoms with Gasteiger partial charge in [-0.15, -0.1) is 12.3 Å². The predicted molar refractivity (Wildman–Crippen MR) is 86.7 cm³/mol. The van der Waals surface area contributed by atoms with Crippen molar-refractivity contribution in [3.05, 3.63) is 29.3 Å². The highest BCUT2D eigenvalue weighted by molar-refractivity contribution is 6.24. The van der Waals surface area contributed by atoms with E-state index in [1.807, 2.05) is 0 Å². The Morgan fingerprint density at radius 2 is 2.04 bits per heavy atom. The summed E-state index contributed by atoms with van der Waals surface area (Å²) in [4.78, 5) is 49.6. The molecule has 1 fully saturated rings. The minimum absolute atomic E-state index is 0.0826. The molecule has 1 N–H and O–H groups in total. The molecule has 2 heterocycles. The zero-order valence-electron chi connectivity index (χ0n) is 13.4. The van der Waals surface area contributed by atoms with Gasteiger partial charge in [0.15, 0.2) is 0 Å². The first kappa shape index (κ1) is 16.7. The van der Waals surface area contributed by atoms with Gasteiger partial charge in [-0.05, 0) is 25.0 Å². The molecule has 1 aromatic rings. The van der Waals surface area contributed by atoms with Crippen LogP contribution in [0.3, 0.4) is 0 Å². The van der Waals surface area contributed by atoms with Crippen molar-refractivity contribution < 1.29 is 23.9 Å². The lowest BCUT2D eigenvalue weighted by atomic mass is 10.0. The van der Waals surface area contributed by atoms with Crippen molar-refractivity contribution >= 4 is 23.6 Å². The number of hydrogen-bond donors (Lipinski definition) is 1. The number of benzene rings is 1. The number of fused-ring (bicyclic) bond motifs is 1. The summed E-state index contributed by atoms with van der Waals surface area (Å²) in [6.45, 7) is 0.320. The molecule has 1 unspecified atom stereocenters. The molecule has 0 spiro atoms. The van der Waals surface area contributed by atoms with E-state index in [2.05, 4.69) is 11.2 Å². The molecule has 1 saturated heterocycles. The Bertz CT molecular complexity index is 808. The van der Waals surface area contributed by atoms with Crippen LogP contribution in [0.15, 0.2) is 18.2 Å². The average molecular weight is 340 g/mol. The standard InChI is InChI=1S/C18H16N2O5/c1-2-3-4-10-25-13-7-5-6-11-15(13)18(24)20(17(11)23)12-8-9-14(21)19-16(12)22/h1,5-7,12H,3-4,8-10H2,(H,19,21,22). The molecule has 4 amide bonds. The van der Waals surface area contributed by atoms with E-state index in [4.69, 9.17) is 11.2 Å². The third-order valence-corrected chi connectivity index (χ3v) is 4.15. The fourth-order valence-electron chi connectivity index (χ4n) is 2.96. The van der Waals surface area contributed by atoms with Crippen LogP contribution in [0.25, 0.3) is 0 Å². The molecular formula is C18H16N2O5. The lowest BCUT2D eigenvalue weighted by Crippen LogP contribution is -2.54. The van der Waals surface area contributed by atoms with Gasteiger partial charge in [-0.3, -0.25) is 29.4 Å². The van der Waals surface area contributed by atoms with Crippen LogP contribution in [-0.4, -0.2) is 41.2 Å². The quantitative estimate of drug-likeness (QED) is 0.488. The van der Waals surface area contributed by atoms with Crippen LogP contribution in [0.4, 0.5) is 0 Å². The average Bonchev–Trinajstić information content (AvgIpc) is 2.84. The van der Waals surface area contributed by atoms with Gasteiger partial charge >= 0.3 is 0 Å². The number of amides is 4. The van der Waals surface area contributed by atoms with Gasteiger partial charge in [0.2, 0.25) is 11.8 Å². The van der Waals surface area contributed by atoms with Crippen molar-refractivity contribution in [3.63, 3.8) is 0 Å². The number of carbonyl (C=O) groups is 4. The van der Waals surface area contributed by atoms with E-state index < -0.39 is 29.7 Å². The van der Waals surface area contributed by atoms with E-state index in [1.54, 1.807) is 12.1 Å². The predicted octanol–water partition coefficient (Wildman–Crippen LogP) is 0.880. The number of nitrogens with zero attached hydrogens (tertiary/aromatic N) is 1. The van der Waals surface area contributed by atoms with Crippen LogP contribution in [0, 0.1) is 12.3 Å². The molecule has 7 heteroatoms. The molecule has 2 aliphatic rings. The fourth-order valence-corrected chi connectivity index (χ4v) is 2.96. The summed E-state index contributed by atoms with van der Waals surface area (Å²) in [5, 5.41) is 2.16. The molecule has 1 atom stereocenters. The number of imide groups is 2. The third-order valence-electron chi connectivity index (χ3n) is 4.15. The van der Waals surface area contributed by atoms with E-state index in [-0.39, 0.29) is 24.0 Å². The first-order valence-corrected chi connectivity index (χ1v) is 7.95. The van der Waals surface area contributed by atoms with Crippen molar-refractivity contribution in [2.24, 2.45) is 0 Å². The van der Waals surface area contributed by atoms with Crippen LogP contribution >= 0.6 is 0 Å². The molecule has 0 aromatic heterocycles. The number of hydrogen-bond acceptors (Lipinski definition) is 5. The van der Waals surface area contributed by atoms with E-state index >= 15 is 0 Å². The minimum Gasteiger partial charge on any atom is -0.493 e. The van der Waals surface area contributed by atoms with E-state index in [0.29, 0.717) is 25.2 Å². The molecule has 1 aromatic carbocycles. The minimum atomic E-state index is -0.987. The van der Waals surface area contributed by atoms with E-state index in [0.717, 1.165) is 4.90 Å². The maximum absolute atomic E-state index is 12.8. The van der Waals surface area contributed by atoms with Gasteiger partial charge < -0.3 is 4.74 Å². The Hall–Kier alpha value is -3.14. The molecule has 7 nitrogen and oxygen atoms in total. The second-order valence-electron chi connectivity index (χ2n) is 5.78. The number of ether oxygens (including phenoxy) is 1. The monoisotopic (exact) mass is 340 g/mol. The molecule has 0 aliphatic carbocycles. The van der Waals surface area contributed by atoms with Gasteiger partial charge in [0.1, 0.15) is 11.8 Å². The van der Waals surface area contributed by atoms with Crippen molar-refractivity contribution in [1.82, 2.24) is 10.2 Å². The highest BCUT2D eigenvalue weighted by Gasteiger charge is 2.45. The summed E-state index contributed by atoms with van der Waals surface area (Å²) in [7, 11) is 0. The number of carbonyl (C=O) groups excluding carboxylic acids is 4. The topological polar surface area (TPSA) is 92.8 Å². The van der Waals surface area contributed by atoms with Crippen LogP contribution in [-0.2, 0) is 9.59 Å². The van der Waals surface area contributed by atoms with E-state index in [1.165, 1.54) is 6.07 Å². The Morgan fingerprint density at radius 3 is 2.76 bits per heavy atom. The summed E-state index contributed by atoms with van der Waals surface area (Å²) >= 11 is 0. The van der Waals surface area contributed by atoms with E-state index in [9.17, 15) is 19.2 Å². The summed E-state index contributed by atoms with van der Waals surface area (Å²) in [6, 6.07) is 3.76.